The Morgan fingerprint density at radius 2 is 1.76 bits per heavy atom. The maximum absolute atomic E-state index is 13.5. The fourth-order valence-electron chi connectivity index (χ4n) is 4.03. The second-order valence-electron chi connectivity index (χ2n) is 10.4. The molecule has 0 saturated carbocycles. The maximum Gasteiger partial charge on any atom is 0.407 e. The van der Waals surface area contributed by atoms with Crippen LogP contribution in [0.4, 0.5) is 4.79 Å². The molecule has 10 heteroatoms. The van der Waals surface area contributed by atoms with Gasteiger partial charge in [0.2, 0.25) is 11.8 Å². The quantitative estimate of drug-likeness (QED) is 0.363. The third-order valence-corrected chi connectivity index (χ3v) is 5.08. The first-order chi connectivity index (χ1) is 15.1. The highest BCUT2D eigenvalue weighted by molar-refractivity contribution is 5.94. The highest BCUT2D eigenvalue weighted by atomic mass is 16.6. The van der Waals surface area contributed by atoms with Crippen LogP contribution >= 0.6 is 0 Å². The van der Waals surface area contributed by atoms with E-state index in [-0.39, 0.29) is 26.1 Å². The second kappa shape index (κ2) is 11.0. The van der Waals surface area contributed by atoms with Gasteiger partial charge < -0.3 is 25.4 Å². The van der Waals surface area contributed by atoms with Gasteiger partial charge in [0.1, 0.15) is 17.2 Å². The predicted octanol–water partition coefficient (Wildman–Crippen LogP) is 1.35. The number of allylic oxidation sites excluding steroid dienone is 1. The van der Waals surface area contributed by atoms with Crippen molar-refractivity contribution in [2.24, 2.45) is 5.92 Å². The van der Waals surface area contributed by atoms with Crippen molar-refractivity contribution >= 4 is 23.9 Å². The summed E-state index contributed by atoms with van der Waals surface area (Å²) >= 11 is 0. The molecule has 1 rings (SSSR count). The van der Waals surface area contributed by atoms with Crippen LogP contribution in [-0.4, -0.2) is 78.2 Å². The number of likely N-dealkylation sites (tertiary alicyclic amines) is 1. The number of carbonyl (C=O) groups excluding carboxylic acids is 4. The molecule has 1 aliphatic rings. The molecule has 0 radical (unpaired) electrons. The van der Waals surface area contributed by atoms with Gasteiger partial charge in [0.05, 0.1) is 7.11 Å². The molecule has 3 amide bonds. The maximum atomic E-state index is 13.5. The number of methoxy groups -OCH3 is 1. The fraction of sp³-hybridized carbons (Fsp3) is 0.739. The van der Waals surface area contributed by atoms with E-state index in [1.807, 2.05) is 20.8 Å². The molecule has 1 saturated heterocycles. The summed E-state index contributed by atoms with van der Waals surface area (Å²) in [4.78, 5) is 52.3. The lowest BCUT2D eigenvalue weighted by Crippen LogP contribution is -2.66. The van der Waals surface area contributed by atoms with Gasteiger partial charge >= 0.3 is 12.1 Å². The number of esters is 1. The largest absolute Gasteiger partial charge is 0.468 e. The lowest BCUT2D eigenvalue weighted by molar-refractivity contribution is -0.147. The van der Waals surface area contributed by atoms with Crippen molar-refractivity contribution in [3.8, 4) is 0 Å². The van der Waals surface area contributed by atoms with Gasteiger partial charge in [-0.1, -0.05) is 6.08 Å². The van der Waals surface area contributed by atoms with Crippen LogP contribution in [0.5, 0.6) is 0 Å². The van der Waals surface area contributed by atoms with Crippen LogP contribution in [-0.2, 0) is 23.9 Å². The summed E-state index contributed by atoms with van der Waals surface area (Å²) in [7, 11) is 1.28. The predicted molar refractivity (Wildman–Crippen MR) is 124 cm³/mol. The molecule has 0 aromatic heterocycles. The topological polar surface area (TPSA) is 126 Å². The van der Waals surface area contributed by atoms with Crippen molar-refractivity contribution in [2.75, 3.05) is 26.7 Å². The number of carbonyl (C=O) groups is 4. The molecule has 1 aliphatic heterocycles. The first kappa shape index (κ1) is 28.4. The summed E-state index contributed by atoms with van der Waals surface area (Å²) < 4.78 is 10.3. The first-order valence-electron chi connectivity index (χ1n) is 11.1. The van der Waals surface area contributed by atoms with Gasteiger partial charge in [0.15, 0.2) is 0 Å². The molecule has 0 aliphatic carbocycles. The Morgan fingerprint density at radius 3 is 2.21 bits per heavy atom. The van der Waals surface area contributed by atoms with Crippen LogP contribution in [0.2, 0.25) is 0 Å². The van der Waals surface area contributed by atoms with Crippen LogP contribution in [0.15, 0.2) is 12.7 Å². The summed E-state index contributed by atoms with van der Waals surface area (Å²) in [5.74, 6) is -1.95. The molecular formula is C23H40N4O6. The average molecular weight is 469 g/mol. The average Bonchev–Trinajstić information content (AvgIpc) is 2.92. The number of hydrogen-bond acceptors (Lipinski definition) is 7. The monoisotopic (exact) mass is 468 g/mol. The molecule has 10 nitrogen and oxygen atoms in total. The molecule has 188 valence electrons. The van der Waals surface area contributed by atoms with Crippen molar-refractivity contribution in [3.05, 3.63) is 12.7 Å². The van der Waals surface area contributed by atoms with E-state index in [1.165, 1.54) is 14.0 Å². The van der Waals surface area contributed by atoms with Crippen LogP contribution in [0.1, 0.15) is 54.9 Å². The van der Waals surface area contributed by atoms with Gasteiger partial charge in [-0.15, -0.1) is 6.58 Å². The molecule has 3 N–H and O–H groups in total. The number of amides is 3. The lowest BCUT2D eigenvalue weighted by Gasteiger charge is -2.37. The smallest absolute Gasteiger partial charge is 0.407 e. The zero-order valence-electron chi connectivity index (χ0n) is 21.2. The van der Waals surface area contributed by atoms with Gasteiger partial charge in [-0.05, 0) is 48.0 Å². The van der Waals surface area contributed by atoms with E-state index in [0.717, 1.165) is 0 Å². The van der Waals surface area contributed by atoms with Gasteiger partial charge in [0, 0.05) is 38.0 Å². The van der Waals surface area contributed by atoms with Crippen molar-refractivity contribution in [2.45, 2.75) is 77.6 Å². The van der Waals surface area contributed by atoms with E-state index in [1.54, 1.807) is 31.7 Å². The molecule has 33 heavy (non-hydrogen) atoms. The third kappa shape index (κ3) is 8.03. The molecule has 3 atom stereocenters. The minimum Gasteiger partial charge on any atom is -0.468 e. The number of rotatable bonds is 8. The van der Waals surface area contributed by atoms with Crippen molar-refractivity contribution < 1.29 is 28.7 Å². The van der Waals surface area contributed by atoms with Crippen molar-refractivity contribution in [3.63, 3.8) is 0 Å². The first-order valence-corrected chi connectivity index (χ1v) is 11.1. The Kier molecular flexibility index (Phi) is 9.47. The Labute approximate surface area is 196 Å². The number of alkyl carbamates (subject to hydrolysis) is 1. The van der Waals surface area contributed by atoms with Gasteiger partial charge in [-0.2, -0.15) is 0 Å². The molecule has 0 spiro atoms. The zero-order valence-corrected chi connectivity index (χ0v) is 21.2. The van der Waals surface area contributed by atoms with Crippen molar-refractivity contribution in [1.82, 2.24) is 20.9 Å². The van der Waals surface area contributed by atoms with E-state index in [9.17, 15) is 19.2 Å². The number of nitrogens with zero attached hydrogens (tertiary/aromatic N) is 1. The van der Waals surface area contributed by atoms with Gasteiger partial charge in [0.25, 0.3) is 0 Å². The molecule has 0 aromatic carbocycles. The fourth-order valence-corrected chi connectivity index (χ4v) is 4.03. The van der Waals surface area contributed by atoms with E-state index in [0.29, 0.717) is 0 Å². The van der Waals surface area contributed by atoms with Crippen LogP contribution in [0.3, 0.4) is 0 Å². The summed E-state index contributed by atoms with van der Waals surface area (Å²) in [6.45, 7) is 16.4. The van der Waals surface area contributed by atoms with Crippen LogP contribution in [0, 0.1) is 5.92 Å². The minimum atomic E-state index is -1.39. The summed E-state index contributed by atoms with van der Waals surface area (Å²) in [5, 5.41) is 8.42. The number of ether oxygens (including phenoxy) is 2. The van der Waals surface area contributed by atoms with Crippen molar-refractivity contribution in [1.29, 1.82) is 0 Å². The standard InChI is InChI=1S/C23H40N4O6/c1-10-11-16-17(18(29)32-9)27(13-12-24-20(31)33-22(6,7)8)14-23(16,25-15(2)28)19(30)26-21(3,4)5/h10,16-17H,1,11-14H2,2-9H3,(H,24,31)(H,25,28)(H,26,30)/t16?,17-,23?/m0/s1. The van der Waals surface area contributed by atoms with E-state index < -0.39 is 52.5 Å². The lowest BCUT2D eigenvalue weighted by atomic mass is 9.79. The number of nitrogens with one attached hydrogen (secondary N) is 3. The minimum absolute atomic E-state index is 0.0583. The van der Waals surface area contributed by atoms with Crippen LogP contribution in [0.25, 0.3) is 0 Å². The van der Waals surface area contributed by atoms with E-state index in [4.69, 9.17) is 9.47 Å². The highest BCUT2D eigenvalue weighted by Gasteiger charge is 2.59. The van der Waals surface area contributed by atoms with Gasteiger partial charge in [-0.25, -0.2) is 4.79 Å². The molecule has 1 fully saturated rings. The Morgan fingerprint density at radius 1 is 1.15 bits per heavy atom. The Bertz CT molecular complexity index is 755. The van der Waals surface area contributed by atoms with E-state index in [2.05, 4.69) is 22.5 Å². The van der Waals surface area contributed by atoms with Gasteiger partial charge in [-0.3, -0.25) is 19.3 Å². The third-order valence-electron chi connectivity index (χ3n) is 5.08. The SMILES string of the molecule is C=CCC1[C@@H](C(=O)OC)N(CCNC(=O)OC(C)(C)C)CC1(NC(C)=O)C(=O)NC(C)(C)C. The summed E-state index contributed by atoms with van der Waals surface area (Å²) in [5.41, 5.74) is -2.60. The normalized spacial score (nSPS) is 23.4. The summed E-state index contributed by atoms with van der Waals surface area (Å²) in [6, 6.07) is -0.828. The Balaban J connectivity index is 3.29. The van der Waals surface area contributed by atoms with Crippen LogP contribution < -0.4 is 16.0 Å². The Hall–Kier alpha value is -2.62. The molecule has 0 aromatic rings. The number of hydrogen-bond donors (Lipinski definition) is 3. The summed E-state index contributed by atoms with van der Waals surface area (Å²) in [6.07, 6.45) is 1.31. The highest BCUT2D eigenvalue weighted by Crippen LogP contribution is 2.37. The van der Waals surface area contributed by atoms with E-state index >= 15 is 0 Å². The molecule has 1 heterocycles. The molecule has 0 bridgehead atoms. The second-order valence-corrected chi connectivity index (χ2v) is 10.4. The molecular weight excluding hydrogens is 428 g/mol. The molecule has 2 unspecified atom stereocenters. The zero-order chi connectivity index (χ0) is 25.6.